The van der Waals surface area contributed by atoms with Gasteiger partial charge in [0, 0.05) is 47.8 Å². The quantitative estimate of drug-likeness (QED) is 0.829. The van der Waals surface area contributed by atoms with Gasteiger partial charge in [0.15, 0.2) is 0 Å². The van der Waals surface area contributed by atoms with E-state index in [2.05, 4.69) is 43.2 Å². The normalized spacial score (nSPS) is 14.5. The SMILES string of the molecule is CC(C)N(CCNC(=O)c1ccc2c(c1)NC(=O)CCS2)C(C)C. The molecule has 0 aliphatic carbocycles. The lowest BCUT2D eigenvalue weighted by Gasteiger charge is -2.30. The second kappa shape index (κ2) is 8.53. The van der Waals surface area contributed by atoms with Gasteiger partial charge >= 0.3 is 0 Å². The first-order valence-corrected chi connectivity index (χ1v) is 9.47. The Kier molecular flexibility index (Phi) is 6.69. The van der Waals surface area contributed by atoms with E-state index in [0.29, 0.717) is 30.6 Å². The number of benzene rings is 1. The maximum Gasteiger partial charge on any atom is 0.251 e. The van der Waals surface area contributed by atoms with Crippen LogP contribution in [0.5, 0.6) is 0 Å². The number of rotatable bonds is 6. The Labute approximate surface area is 148 Å². The maximum atomic E-state index is 12.4. The van der Waals surface area contributed by atoms with Crippen molar-refractivity contribution in [2.45, 2.75) is 51.1 Å². The minimum atomic E-state index is -0.103. The van der Waals surface area contributed by atoms with E-state index in [1.165, 1.54) is 0 Å². The molecule has 5 nitrogen and oxygen atoms in total. The van der Waals surface area contributed by atoms with Gasteiger partial charge in [-0.15, -0.1) is 11.8 Å². The number of anilines is 1. The molecule has 1 aliphatic rings. The summed E-state index contributed by atoms with van der Waals surface area (Å²) in [5.41, 5.74) is 1.32. The molecule has 0 saturated carbocycles. The van der Waals surface area contributed by atoms with E-state index in [0.717, 1.165) is 22.9 Å². The molecule has 0 saturated heterocycles. The molecule has 24 heavy (non-hydrogen) atoms. The third kappa shape index (κ3) is 4.98. The fraction of sp³-hybridized carbons (Fsp3) is 0.556. The first-order chi connectivity index (χ1) is 11.4. The van der Waals surface area contributed by atoms with Crippen LogP contribution in [0.2, 0.25) is 0 Å². The Morgan fingerprint density at radius 3 is 2.67 bits per heavy atom. The third-order valence-electron chi connectivity index (χ3n) is 4.08. The van der Waals surface area contributed by atoms with E-state index in [9.17, 15) is 9.59 Å². The predicted molar refractivity (Wildman–Crippen MR) is 99.7 cm³/mol. The van der Waals surface area contributed by atoms with Gasteiger partial charge in [-0.1, -0.05) is 0 Å². The molecule has 0 spiro atoms. The first-order valence-electron chi connectivity index (χ1n) is 8.49. The van der Waals surface area contributed by atoms with E-state index in [4.69, 9.17) is 0 Å². The van der Waals surface area contributed by atoms with E-state index >= 15 is 0 Å². The molecule has 132 valence electrons. The van der Waals surface area contributed by atoms with Crippen LogP contribution in [-0.2, 0) is 4.79 Å². The Bertz CT molecular complexity index is 594. The van der Waals surface area contributed by atoms with Crippen molar-refractivity contribution in [2.24, 2.45) is 0 Å². The summed E-state index contributed by atoms with van der Waals surface area (Å²) in [5.74, 6) is 0.669. The highest BCUT2D eigenvalue weighted by atomic mass is 32.2. The predicted octanol–water partition coefficient (Wildman–Crippen LogP) is 2.97. The third-order valence-corrected chi connectivity index (χ3v) is 5.16. The molecule has 2 rings (SSSR count). The lowest BCUT2D eigenvalue weighted by Crippen LogP contribution is -2.42. The molecule has 0 radical (unpaired) electrons. The fourth-order valence-corrected chi connectivity index (χ4v) is 3.81. The number of amides is 2. The summed E-state index contributed by atoms with van der Waals surface area (Å²) >= 11 is 1.64. The average molecular weight is 350 g/mol. The van der Waals surface area contributed by atoms with Crippen molar-refractivity contribution in [2.75, 3.05) is 24.2 Å². The Morgan fingerprint density at radius 2 is 2.00 bits per heavy atom. The highest BCUT2D eigenvalue weighted by Gasteiger charge is 2.17. The molecule has 2 N–H and O–H groups in total. The van der Waals surface area contributed by atoms with Crippen molar-refractivity contribution in [3.8, 4) is 0 Å². The summed E-state index contributed by atoms with van der Waals surface area (Å²) < 4.78 is 0. The van der Waals surface area contributed by atoms with Crippen LogP contribution < -0.4 is 10.6 Å². The highest BCUT2D eigenvalue weighted by Crippen LogP contribution is 2.31. The largest absolute Gasteiger partial charge is 0.351 e. The standard InChI is InChI=1S/C18H27N3O2S/c1-12(2)21(13(3)4)9-8-19-18(23)14-5-6-16-15(11-14)20-17(22)7-10-24-16/h5-6,11-13H,7-10H2,1-4H3,(H,19,23)(H,20,22). The molecule has 0 aromatic heterocycles. The number of fused-ring (bicyclic) bond motifs is 1. The van der Waals surface area contributed by atoms with Gasteiger partial charge in [-0.3, -0.25) is 14.5 Å². The zero-order valence-electron chi connectivity index (χ0n) is 14.9. The van der Waals surface area contributed by atoms with E-state index < -0.39 is 0 Å². The van der Waals surface area contributed by atoms with Crippen LogP contribution in [0.1, 0.15) is 44.5 Å². The number of carbonyl (C=O) groups is 2. The number of hydrogen-bond acceptors (Lipinski definition) is 4. The van der Waals surface area contributed by atoms with Crippen LogP contribution in [0, 0.1) is 0 Å². The Balaban J connectivity index is 1.97. The molecule has 1 heterocycles. The van der Waals surface area contributed by atoms with E-state index in [1.807, 2.05) is 12.1 Å². The van der Waals surface area contributed by atoms with Gasteiger partial charge in [0.1, 0.15) is 0 Å². The summed E-state index contributed by atoms with van der Waals surface area (Å²) in [6, 6.07) is 6.39. The molecule has 0 bridgehead atoms. The smallest absolute Gasteiger partial charge is 0.251 e. The van der Waals surface area contributed by atoms with Crippen LogP contribution >= 0.6 is 11.8 Å². The Morgan fingerprint density at radius 1 is 1.29 bits per heavy atom. The van der Waals surface area contributed by atoms with Gasteiger partial charge in [0.05, 0.1) is 5.69 Å². The maximum absolute atomic E-state index is 12.4. The molecule has 1 aliphatic heterocycles. The Hall–Kier alpha value is -1.53. The monoisotopic (exact) mass is 349 g/mol. The second-order valence-corrected chi connectivity index (χ2v) is 7.68. The summed E-state index contributed by atoms with van der Waals surface area (Å²) in [6.45, 7) is 10.1. The van der Waals surface area contributed by atoms with Gasteiger partial charge < -0.3 is 10.6 Å². The van der Waals surface area contributed by atoms with Gasteiger partial charge in [-0.05, 0) is 45.9 Å². The molecule has 0 atom stereocenters. The molecular weight excluding hydrogens is 322 g/mol. The van der Waals surface area contributed by atoms with Crippen LogP contribution in [-0.4, -0.2) is 47.6 Å². The van der Waals surface area contributed by atoms with Crippen molar-refractivity contribution in [3.05, 3.63) is 23.8 Å². The molecule has 6 heteroatoms. The van der Waals surface area contributed by atoms with E-state index in [1.54, 1.807) is 17.8 Å². The van der Waals surface area contributed by atoms with Crippen LogP contribution in [0.25, 0.3) is 0 Å². The topological polar surface area (TPSA) is 61.4 Å². The first kappa shape index (κ1) is 18.8. The molecule has 2 amide bonds. The lowest BCUT2D eigenvalue weighted by molar-refractivity contribution is -0.115. The van der Waals surface area contributed by atoms with E-state index in [-0.39, 0.29) is 11.8 Å². The molecule has 0 unspecified atom stereocenters. The van der Waals surface area contributed by atoms with Gasteiger partial charge in [0.2, 0.25) is 5.91 Å². The van der Waals surface area contributed by atoms with Gasteiger partial charge in [-0.25, -0.2) is 0 Å². The minimum absolute atomic E-state index is 0.00307. The number of hydrogen-bond donors (Lipinski definition) is 2. The second-order valence-electron chi connectivity index (χ2n) is 6.54. The summed E-state index contributed by atoms with van der Waals surface area (Å²) in [4.78, 5) is 27.4. The summed E-state index contributed by atoms with van der Waals surface area (Å²) in [7, 11) is 0. The van der Waals surface area contributed by atoms with Crippen LogP contribution in [0.4, 0.5) is 5.69 Å². The summed E-state index contributed by atoms with van der Waals surface area (Å²) in [5, 5.41) is 5.85. The summed E-state index contributed by atoms with van der Waals surface area (Å²) in [6.07, 6.45) is 0.501. The minimum Gasteiger partial charge on any atom is -0.351 e. The van der Waals surface area contributed by atoms with Crippen molar-refractivity contribution in [1.82, 2.24) is 10.2 Å². The van der Waals surface area contributed by atoms with Crippen molar-refractivity contribution in [3.63, 3.8) is 0 Å². The molecule has 1 aromatic carbocycles. The highest BCUT2D eigenvalue weighted by molar-refractivity contribution is 7.99. The van der Waals surface area contributed by atoms with Crippen LogP contribution in [0.15, 0.2) is 23.1 Å². The number of nitrogens with zero attached hydrogens (tertiary/aromatic N) is 1. The van der Waals surface area contributed by atoms with Crippen LogP contribution in [0.3, 0.4) is 0 Å². The van der Waals surface area contributed by atoms with Gasteiger partial charge in [-0.2, -0.15) is 0 Å². The molecule has 1 aromatic rings. The lowest BCUT2D eigenvalue weighted by atomic mass is 10.2. The molecule has 0 fully saturated rings. The number of carbonyl (C=O) groups excluding carboxylic acids is 2. The fourth-order valence-electron chi connectivity index (χ4n) is 2.87. The molecular formula is C18H27N3O2S. The number of thioether (sulfide) groups is 1. The number of nitrogens with one attached hydrogen (secondary N) is 2. The average Bonchev–Trinajstić information content (AvgIpc) is 2.70. The van der Waals surface area contributed by atoms with Crippen molar-refractivity contribution in [1.29, 1.82) is 0 Å². The zero-order valence-corrected chi connectivity index (χ0v) is 15.7. The zero-order chi connectivity index (χ0) is 17.7. The van der Waals surface area contributed by atoms with Gasteiger partial charge in [0.25, 0.3) is 5.91 Å². The van der Waals surface area contributed by atoms with Crippen molar-refractivity contribution >= 4 is 29.3 Å². The van der Waals surface area contributed by atoms with Crippen molar-refractivity contribution < 1.29 is 9.59 Å².